The van der Waals surface area contributed by atoms with Crippen LogP contribution in [0.2, 0.25) is 0 Å². The fraction of sp³-hybridized carbons (Fsp3) is 0.585. The molecule has 0 bridgehead atoms. The molecule has 2 aromatic carbocycles. The second kappa shape index (κ2) is 41.4. The zero-order valence-electron chi connectivity index (χ0n) is 56.5. The Hall–Kier alpha value is -9.39. The summed E-state index contributed by atoms with van der Waals surface area (Å²) in [5.41, 5.74) is 41.3. The van der Waals surface area contributed by atoms with Gasteiger partial charge in [0.2, 0.25) is 59.1 Å². The standard InChI is InChI=1S/C65H105N19O12/c1-9-37(7)52(61(93)78-45(26-19-31-74-65(71)72)56(88)79-47(33-40-34-75-43-24-15-14-22-41(40)43)58(90)80-48(63(95)96)32-39-20-12-11-13-21-39)83-60(92)51(36(5)6)82-62(94)53(38(8)10-2)84-59(91)50(35(3)4)81-57(89)46(27-28-49(68)85)77-55(87)44(25-16-17-29-66)76-54(86)42(67)23-18-30-73-64(69)70/h11-15,20-22,24,34-38,42,44-48,50-53,75H,9-10,16-19,23,25-33,66-67H2,1-8H3,(H2,68,85)(H,76,86)(H,77,87)(H,78,93)(H,79,88)(H,80,90)(H,81,89)(H,82,94)(H,83,92)(H,84,91)(H,95,96)(H4,69,70,73)(H4,71,72,74)/t37-,38-,42-,44-,45-,46-,47-,48-,50-,51-,52-,53-/m0/s1. The summed E-state index contributed by atoms with van der Waals surface area (Å²) in [4.78, 5) is 165. The van der Waals surface area contributed by atoms with Crippen LogP contribution in [-0.2, 0) is 65.6 Å². The number of carboxylic acid groups (broad SMARTS) is 1. The normalized spacial score (nSPS) is 15.0. The zero-order valence-corrected chi connectivity index (χ0v) is 56.5. The van der Waals surface area contributed by atoms with E-state index in [0.717, 1.165) is 10.9 Å². The Balaban J connectivity index is 1.92. The number of hydrogen-bond donors (Lipinski definition) is 18. The molecule has 0 radical (unpaired) electrons. The van der Waals surface area contributed by atoms with Gasteiger partial charge in [0.15, 0.2) is 11.9 Å². The number of amides is 10. The maximum atomic E-state index is 14.7. The number of para-hydroxylation sites is 1. The van der Waals surface area contributed by atoms with Crippen molar-refractivity contribution in [1.82, 2.24) is 52.8 Å². The van der Waals surface area contributed by atoms with Gasteiger partial charge in [0.05, 0.1) is 6.04 Å². The average Bonchev–Trinajstić information content (AvgIpc) is 1.58. The van der Waals surface area contributed by atoms with Crippen LogP contribution in [0.15, 0.2) is 70.8 Å². The summed E-state index contributed by atoms with van der Waals surface area (Å²) in [6.45, 7) is 14.0. The lowest BCUT2D eigenvalue weighted by Gasteiger charge is -2.32. The number of carboxylic acids is 1. The van der Waals surface area contributed by atoms with E-state index in [9.17, 15) is 57.8 Å². The van der Waals surface area contributed by atoms with Crippen molar-refractivity contribution in [1.29, 1.82) is 0 Å². The van der Waals surface area contributed by atoms with Crippen molar-refractivity contribution in [3.05, 3.63) is 71.9 Å². The molecule has 0 fully saturated rings. The Morgan fingerprint density at radius 2 is 0.885 bits per heavy atom. The van der Waals surface area contributed by atoms with Gasteiger partial charge >= 0.3 is 5.97 Å². The van der Waals surface area contributed by atoms with Gasteiger partial charge in [0.1, 0.15) is 54.4 Å². The van der Waals surface area contributed by atoms with Crippen molar-refractivity contribution >= 4 is 87.9 Å². The molecule has 12 atom stereocenters. The summed E-state index contributed by atoms with van der Waals surface area (Å²) in [6.07, 6.45) is 3.09. The van der Waals surface area contributed by atoms with Crippen LogP contribution in [0.3, 0.4) is 0 Å². The molecule has 10 amide bonds. The molecule has 0 aliphatic carbocycles. The lowest BCUT2D eigenvalue weighted by Crippen LogP contribution is -2.63. The molecular formula is C65H105N19O12. The van der Waals surface area contributed by atoms with E-state index in [1.165, 1.54) is 0 Å². The molecule has 3 aromatic rings. The smallest absolute Gasteiger partial charge is 0.326 e. The van der Waals surface area contributed by atoms with E-state index in [2.05, 4.69) is 62.8 Å². The number of nitrogens with zero attached hydrogens (tertiary/aromatic N) is 2. The molecule has 0 spiro atoms. The molecule has 31 nitrogen and oxygen atoms in total. The van der Waals surface area contributed by atoms with Gasteiger partial charge in [-0.15, -0.1) is 0 Å². The first-order valence-electron chi connectivity index (χ1n) is 32.8. The number of guanidine groups is 2. The van der Waals surface area contributed by atoms with Crippen LogP contribution >= 0.6 is 0 Å². The second-order valence-corrected chi connectivity index (χ2v) is 24.9. The van der Waals surface area contributed by atoms with Gasteiger partial charge in [-0.2, -0.15) is 0 Å². The fourth-order valence-corrected chi connectivity index (χ4v) is 10.3. The topological polar surface area (TPSA) is 539 Å². The third-order valence-corrected chi connectivity index (χ3v) is 16.5. The Kier molecular flexibility index (Phi) is 34.9. The molecule has 532 valence electrons. The number of unbranched alkanes of at least 4 members (excludes halogenated alkanes) is 1. The van der Waals surface area contributed by atoms with E-state index in [0.29, 0.717) is 49.8 Å². The first kappa shape index (κ1) is 80.8. The molecule has 1 aromatic heterocycles. The van der Waals surface area contributed by atoms with Crippen LogP contribution in [0.5, 0.6) is 0 Å². The van der Waals surface area contributed by atoms with E-state index < -0.39 is 149 Å². The fourth-order valence-electron chi connectivity index (χ4n) is 10.3. The summed E-state index contributed by atoms with van der Waals surface area (Å²) < 4.78 is 0. The van der Waals surface area contributed by atoms with E-state index in [1.54, 1.807) is 98.0 Å². The van der Waals surface area contributed by atoms with Crippen molar-refractivity contribution < 1.29 is 57.8 Å². The average molecular weight is 1340 g/mol. The monoisotopic (exact) mass is 1340 g/mol. The van der Waals surface area contributed by atoms with Crippen LogP contribution in [0, 0.1) is 23.7 Å². The number of rotatable bonds is 44. The highest BCUT2D eigenvalue weighted by Gasteiger charge is 2.39. The first-order chi connectivity index (χ1) is 45.4. The highest BCUT2D eigenvalue weighted by Crippen LogP contribution is 2.21. The summed E-state index contributed by atoms with van der Waals surface area (Å²) in [7, 11) is 0. The number of nitrogens with one attached hydrogen (secondary N) is 10. The largest absolute Gasteiger partial charge is 0.480 e. The van der Waals surface area contributed by atoms with Crippen LogP contribution in [0.4, 0.5) is 0 Å². The number of aliphatic imine (C=N–C) groups is 2. The van der Waals surface area contributed by atoms with E-state index >= 15 is 0 Å². The van der Waals surface area contributed by atoms with E-state index in [-0.39, 0.29) is 76.4 Å². The molecule has 0 aliphatic heterocycles. The minimum atomic E-state index is -1.46. The maximum absolute atomic E-state index is 14.7. The third-order valence-electron chi connectivity index (χ3n) is 16.5. The number of nitrogens with two attached hydrogens (primary N) is 7. The van der Waals surface area contributed by atoms with Gasteiger partial charge in [-0.3, -0.25) is 57.9 Å². The number of hydrogen-bond acceptors (Lipinski definition) is 15. The summed E-state index contributed by atoms with van der Waals surface area (Å²) in [5.74, 6) is -12.1. The number of aliphatic carboxylic acids is 1. The van der Waals surface area contributed by atoms with Crippen LogP contribution in [0.25, 0.3) is 10.9 Å². The van der Waals surface area contributed by atoms with E-state index in [1.807, 2.05) is 18.2 Å². The molecule has 3 rings (SSSR count). The molecular weight excluding hydrogens is 1240 g/mol. The number of fused-ring (bicyclic) bond motifs is 1. The van der Waals surface area contributed by atoms with Gasteiger partial charge in [-0.05, 0) is 98.8 Å². The molecule has 96 heavy (non-hydrogen) atoms. The second-order valence-electron chi connectivity index (χ2n) is 24.9. The number of aromatic nitrogens is 1. The zero-order chi connectivity index (χ0) is 71.8. The highest BCUT2D eigenvalue weighted by molar-refractivity contribution is 5.99. The Morgan fingerprint density at radius 3 is 1.40 bits per heavy atom. The lowest BCUT2D eigenvalue weighted by atomic mass is 9.94. The Morgan fingerprint density at radius 1 is 0.469 bits per heavy atom. The number of carbonyl (C=O) groups is 11. The van der Waals surface area contributed by atoms with E-state index in [4.69, 9.17) is 40.1 Å². The Bertz CT molecular complexity index is 3120. The minimum absolute atomic E-state index is 0.0365. The number of aromatic amines is 1. The van der Waals surface area contributed by atoms with Gasteiger partial charge < -0.3 is 98.1 Å². The van der Waals surface area contributed by atoms with Crippen LogP contribution in [0.1, 0.15) is 137 Å². The van der Waals surface area contributed by atoms with Gasteiger partial charge in [0, 0.05) is 49.5 Å². The van der Waals surface area contributed by atoms with Crippen molar-refractivity contribution in [2.24, 2.45) is 73.8 Å². The van der Waals surface area contributed by atoms with Crippen LogP contribution < -0.4 is 88.0 Å². The predicted molar refractivity (Wildman–Crippen MR) is 365 cm³/mol. The summed E-state index contributed by atoms with van der Waals surface area (Å²) >= 11 is 0. The minimum Gasteiger partial charge on any atom is -0.480 e. The number of primary amides is 1. The number of benzene rings is 2. The Labute approximate surface area is 561 Å². The number of H-pyrrole nitrogens is 1. The quantitative estimate of drug-likeness (QED) is 0.0176. The SMILES string of the molecule is CC[C@H](C)[C@H](NC(=O)[C@@H](NC(=O)[C@@H](NC(=O)[C@@H](NC(=O)[C@H](CCC(N)=O)NC(=O)[C@H](CCCCN)NC(=O)[C@@H](N)CCCN=C(N)N)C(C)C)[C@@H](C)CC)C(C)C)C(=O)N[C@@H](CCCN=C(N)N)C(=O)N[C@@H](Cc1c[nH]c2ccccc12)C(=O)N[C@@H](Cc1ccccc1)C(=O)O. The summed E-state index contributed by atoms with van der Waals surface area (Å²) in [5, 5.41) is 35.4. The van der Waals surface area contributed by atoms with Crippen molar-refractivity contribution in [2.45, 2.75) is 199 Å². The number of carbonyl (C=O) groups excluding carboxylic acids is 10. The molecule has 0 saturated heterocycles. The summed E-state index contributed by atoms with van der Waals surface area (Å²) in [6, 6.07) is 2.74. The van der Waals surface area contributed by atoms with Gasteiger partial charge in [-0.25, -0.2) is 4.79 Å². The molecule has 25 N–H and O–H groups in total. The third kappa shape index (κ3) is 27.5. The maximum Gasteiger partial charge on any atom is 0.326 e. The highest BCUT2D eigenvalue weighted by atomic mass is 16.4. The van der Waals surface area contributed by atoms with Gasteiger partial charge in [0.25, 0.3) is 0 Å². The molecule has 1 heterocycles. The predicted octanol–water partition coefficient (Wildman–Crippen LogP) is -1.37. The van der Waals surface area contributed by atoms with Crippen molar-refractivity contribution in [2.75, 3.05) is 19.6 Å². The molecule has 0 saturated carbocycles. The molecule has 31 heteroatoms. The van der Waals surface area contributed by atoms with Crippen molar-refractivity contribution in [3.8, 4) is 0 Å². The van der Waals surface area contributed by atoms with Gasteiger partial charge in [-0.1, -0.05) is 117 Å². The first-order valence-corrected chi connectivity index (χ1v) is 32.8. The van der Waals surface area contributed by atoms with Crippen molar-refractivity contribution in [3.63, 3.8) is 0 Å². The molecule has 0 unspecified atom stereocenters. The van der Waals surface area contributed by atoms with Crippen LogP contribution in [-0.4, -0.2) is 167 Å². The lowest BCUT2D eigenvalue weighted by molar-refractivity contribution is -0.142. The molecule has 0 aliphatic rings.